The number of aromatic nitrogens is 4. The van der Waals surface area contributed by atoms with Gasteiger partial charge in [0, 0.05) is 23.6 Å². The van der Waals surface area contributed by atoms with Crippen LogP contribution in [0.2, 0.25) is 0 Å². The molecule has 0 bridgehead atoms. The Morgan fingerprint density at radius 1 is 1.43 bits per heavy atom. The molecule has 0 spiro atoms. The number of nitrogen functional groups attached to an aromatic ring is 1. The zero-order valence-electron chi connectivity index (χ0n) is 7.25. The minimum Gasteiger partial charge on any atom is -0.398 e. The molecule has 0 aliphatic heterocycles. The molecule has 2 rings (SSSR count). The third kappa shape index (κ3) is 1.42. The molecule has 0 aliphatic carbocycles. The van der Waals surface area contributed by atoms with E-state index in [-0.39, 0.29) is 0 Å². The molecule has 6 nitrogen and oxygen atoms in total. The van der Waals surface area contributed by atoms with Crippen molar-refractivity contribution in [1.82, 2.24) is 20.4 Å². The molecule has 1 unspecified atom stereocenters. The molecule has 0 amide bonds. The van der Waals surface area contributed by atoms with Gasteiger partial charge in [0.15, 0.2) is 0 Å². The molecule has 14 heavy (non-hydrogen) atoms. The maximum absolute atomic E-state index is 9.82. The largest absolute Gasteiger partial charge is 0.398 e. The first-order valence-electron chi connectivity index (χ1n) is 4.02. The van der Waals surface area contributed by atoms with Crippen LogP contribution in [0.25, 0.3) is 0 Å². The number of nitrogens with two attached hydrogens (primary N) is 1. The van der Waals surface area contributed by atoms with Gasteiger partial charge in [0.25, 0.3) is 0 Å². The number of hydrogen-bond acceptors (Lipinski definition) is 5. The molecule has 6 heteroatoms. The molecule has 2 heterocycles. The van der Waals surface area contributed by atoms with Crippen molar-refractivity contribution in [2.45, 2.75) is 6.10 Å². The lowest BCUT2D eigenvalue weighted by molar-refractivity contribution is 0.215. The lowest BCUT2D eigenvalue weighted by Crippen LogP contribution is -2.04. The third-order valence-corrected chi connectivity index (χ3v) is 1.90. The predicted molar refractivity (Wildman–Crippen MR) is 49.1 cm³/mol. The number of nitrogens with zero attached hydrogens (tertiary/aromatic N) is 3. The minimum absolute atomic E-state index is 0.421. The summed E-state index contributed by atoms with van der Waals surface area (Å²) in [6.45, 7) is 0. The number of nitrogens with one attached hydrogen (secondary N) is 1. The topological polar surface area (TPSA) is 101 Å². The lowest BCUT2D eigenvalue weighted by atomic mass is 10.1. The van der Waals surface area contributed by atoms with E-state index in [0.717, 1.165) is 0 Å². The number of aliphatic hydroxyl groups is 1. The monoisotopic (exact) mass is 191 g/mol. The van der Waals surface area contributed by atoms with Crippen LogP contribution >= 0.6 is 0 Å². The molecule has 2 aromatic heterocycles. The summed E-state index contributed by atoms with van der Waals surface area (Å²) in [5.41, 5.74) is 7.10. The average molecular weight is 191 g/mol. The summed E-state index contributed by atoms with van der Waals surface area (Å²) < 4.78 is 0. The first-order valence-corrected chi connectivity index (χ1v) is 4.02. The maximum atomic E-state index is 9.82. The zero-order chi connectivity index (χ0) is 9.97. The van der Waals surface area contributed by atoms with Gasteiger partial charge in [0.2, 0.25) is 0 Å². The van der Waals surface area contributed by atoms with Gasteiger partial charge in [-0.1, -0.05) is 0 Å². The van der Waals surface area contributed by atoms with Crippen LogP contribution in [0.3, 0.4) is 0 Å². The summed E-state index contributed by atoms with van der Waals surface area (Å²) >= 11 is 0. The van der Waals surface area contributed by atoms with Gasteiger partial charge in [-0.2, -0.15) is 15.4 Å². The van der Waals surface area contributed by atoms with Crippen LogP contribution in [-0.4, -0.2) is 25.5 Å². The normalized spacial score (nSPS) is 12.6. The van der Waals surface area contributed by atoms with E-state index in [1.807, 2.05) is 0 Å². The number of hydrogen-bond donors (Lipinski definition) is 3. The van der Waals surface area contributed by atoms with Gasteiger partial charge >= 0.3 is 0 Å². The highest BCUT2D eigenvalue weighted by molar-refractivity contribution is 5.47. The number of pyridine rings is 1. The standard InChI is InChI=1S/C8H9N5O/c9-6-1-2-10-3-5(6)8(14)7-4-11-13-12-7/h1-4,8,14H,(H2,9,10)(H,11,12,13). The Bertz CT molecular complexity index is 413. The fourth-order valence-corrected chi connectivity index (χ4v) is 1.15. The van der Waals surface area contributed by atoms with Crippen molar-refractivity contribution in [3.05, 3.63) is 35.9 Å². The van der Waals surface area contributed by atoms with Crippen molar-refractivity contribution < 1.29 is 5.11 Å². The highest BCUT2D eigenvalue weighted by Gasteiger charge is 2.15. The number of H-pyrrole nitrogens is 1. The van der Waals surface area contributed by atoms with Gasteiger partial charge in [0.1, 0.15) is 11.8 Å². The van der Waals surface area contributed by atoms with Crippen molar-refractivity contribution in [2.24, 2.45) is 0 Å². The van der Waals surface area contributed by atoms with E-state index in [4.69, 9.17) is 5.73 Å². The van der Waals surface area contributed by atoms with Crippen molar-refractivity contribution in [3.63, 3.8) is 0 Å². The van der Waals surface area contributed by atoms with Gasteiger partial charge in [-0.15, -0.1) is 0 Å². The van der Waals surface area contributed by atoms with Crippen LogP contribution in [0, 0.1) is 0 Å². The van der Waals surface area contributed by atoms with Crippen LogP contribution in [0.5, 0.6) is 0 Å². The highest BCUT2D eigenvalue weighted by Crippen LogP contribution is 2.23. The molecule has 0 fully saturated rings. The average Bonchev–Trinajstić information content (AvgIpc) is 2.70. The third-order valence-electron chi connectivity index (χ3n) is 1.90. The molecule has 0 radical (unpaired) electrons. The van der Waals surface area contributed by atoms with Gasteiger partial charge in [0.05, 0.1) is 6.20 Å². The van der Waals surface area contributed by atoms with Gasteiger partial charge < -0.3 is 10.8 Å². The van der Waals surface area contributed by atoms with Crippen molar-refractivity contribution in [2.75, 3.05) is 5.73 Å². The van der Waals surface area contributed by atoms with Crippen LogP contribution in [-0.2, 0) is 0 Å². The number of aliphatic hydroxyl groups excluding tert-OH is 1. The molecule has 0 aliphatic rings. The number of anilines is 1. The quantitative estimate of drug-likeness (QED) is 0.613. The summed E-state index contributed by atoms with van der Waals surface area (Å²) in [5.74, 6) is 0. The molecule has 2 aromatic rings. The van der Waals surface area contributed by atoms with Crippen LogP contribution < -0.4 is 5.73 Å². The van der Waals surface area contributed by atoms with Crippen LogP contribution in [0.4, 0.5) is 5.69 Å². The highest BCUT2D eigenvalue weighted by atomic mass is 16.3. The van der Waals surface area contributed by atoms with Gasteiger partial charge in [-0.3, -0.25) is 4.98 Å². The summed E-state index contributed by atoms with van der Waals surface area (Å²) in [4.78, 5) is 3.88. The second-order valence-corrected chi connectivity index (χ2v) is 2.80. The molecular formula is C8H9N5O. The Labute approximate surface area is 79.8 Å². The Hall–Kier alpha value is -1.95. The van der Waals surface area contributed by atoms with E-state index in [9.17, 15) is 5.11 Å². The van der Waals surface area contributed by atoms with E-state index in [2.05, 4.69) is 20.4 Å². The fourth-order valence-electron chi connectivity index (χ4n) is 1.15. The summed E-state index contributed by atoms with van der Waals surface area (Å²) in [7, 11) is 0. The summed E-state index contributed by atoms with van der Waals surface area (Å²) in [5, 5.41) is 19.6. The second-order valence-electron chi connectivity index (χ2n) is 2.80. The molecule has 0 aromatic carbocycles. The predicted octanol–water partition coefficient (Wildman–Crippen LogP) is -0.136. The molecule has 4 N–H and O–H groups in total. The van der Waals surface area contributed by atoms with E-state index < -0.39 is 6.10 Å². The van der Waals surface area contributed by atoms with Gasteiger partial charge in [-0.05, 0) is 6.07 Å². The van der Waals surface area contributed by atoms with E-state index >= 15 is 0 Å². The smallest absolute Gasteiger partial charge is 0.128 e. The summed E-state index contributed by atoms with van der Waals surface area (Å²) in [6.07, 6.45) is 3.63. The fraction of sp³-hybridized carbons (Fsp3) is 0.125. The first-order chi connectivity index (χ1) is 6.79. The van der Waals surface area contributed by atoms with E-state index in [1.54, 1.807) is 12.3 Å². The van der Waals surface area contributed by atoms with E-state index in [0.29, 0.717) is 16.9 Å². The number of rotatable bonds is 2. The van der Waals surface area contributed by atoms with E-state index in [1.165, 1.54) is 12.4 Å². The first kappa shape index (κ1) is 8.64. The van der Waals surface area contributed by atoms with Crippen molar-refractivity contribution >= 4 is 5.69 Å². The van der Waals surface area contributed by atoms with Crippen LogP contribution in [0.15, 0.2) is 24.7 Å². The lowest BCUT2D eigenvalue weighted by Gasteiger charge is -2.08. The molecule has 0 saturated carbocycles. The van der Waals surface area contributed by atoms with Crippen LogP contribution in [0.1, 0.15) is 17.4 Å². The van der Waals surface area contributed by atoms with Crippen molar-refractivity contribution in [1.29, 1.82) is 0 Å². The Morgan fingerprint density at radius 3 is 2.93 bits per heavy atom. The molecule has 1 atom stereocenters. The molecular weight excluding hydrogens is 182 g/mol. The minimum atomic E-state index is -0.887. The maximum Gasteiger partial charge on any atom is 0.128 e. The van der Waals surface area contributed by atoms with Crippen molar-refractivity contribution in [3.8, 4) is 0 Å². The Kier molecular flexibility index (Phi) is 2.11. The SMILES string of the molecule is Nc1ccncc1C(O)c1cn[nH]n1. The Morgan fingerprint density at radius 2 is 2.29 bits per heavy atom. The summed E-state index contributed by atoms with van der Waals surface area (Å²) in [6, 6.07) is 1.62. The number of aromatic amines is 1. The Balaban J connectivity index is 2.37. The zero-order valence-corrected chi connectivity index (χ0v) is 7.25. The molecule has 0 saturated heterocycles. The van der Waals surface area contributed by atoms with Gasteiger partial charge in [-0.25, -0.2) is 0 Å². The molecule has 72 valence electrons. The second kappa shape index (κ2) is 3.43.